The van der Waals surface area contributed by atoms with Gasteiger partial charge in [0.2, 0.25) is 0 Å². The number of nitrogen functional groups attached to an aromatic ring is 1. The molecule has 1 amide bonds. The van der Waals surface area contributed by atoms with Crippen molar-refractivity contribution < 1.29 is 4.79 Å². The maximum Gasteiger partial charge on any atom is 0.275 e. The summed E-state index contributed by atoms with van der Waals surface area (Å²) in [5, 5.41) is 0.570. The van der Waals surface area contributed by atoms with Crippen molar-refractivity contribution in [1.82, 2.24) is 18.6 Å². The number of nitrogens with zero attached hydrogens (tertiary/aromatic N) is 4. The van der Waals surface area contributed by atoms with Gasteiger partial charge in [-0.05, 0) is 6.92 Å². The van der Waals surface area contributed by atoms with Gasteiger partial charge in [0, 0.05) is 17.8 Å². The second-order valence-corrected chi connectivity index (χ2v) is 5.74. The maximum atomic E-state index is 12.3. The Morgan fingerprint density at radius 3 is 3.00 bits per heavy atom. The van der Waals surface area contributed by atoms with Crippen LogP contribution in [0, 0.1) is 6.92 Å². The predicted molar refractivity (Wildman–Crippen MR) is 69.6 cm³/mol. The molecule has 0 spiro atoms. The number of carbonyl (C=O) groups excluding carboxylic acids is 1. The average Bonchev–Trinajstić information content (AvgIpc) is 2.91. The predicted octanol–water partition coefficient (Wildman–Crippen LogP) is 1.08. The second kappa shape index (κ2) is 4.29. The van der Waals surface area contributed by atoms with E-state index in [0.717, 1.165) is 28.7 Å². The fourth-order valence-corrected chi connectivity index (χ4v) is 3.40. The van der Waals surface area contributed by atoms with Gasteiger partial charge >= 0.3 is 0 Å². The van der Waals surface area contributed by atoms with Gasteiger partial charge in [0.15, 0.2) is 10.8 Å². The standard InChI is InChI=1S/C10H11N5OS2/c1-5-8(14-18-13-5)9(16)15-3-2-6-7(4-15)17-10(11)12-6/h2-4H2,1H3,(H2,11,12). The normalized spacial score (nSPS) is 14.6. The van der Waals surface area contributed by atoms with E-state index >= 15 is 0 Å². The Bertz CT molecular complexity index is 605. The largest absolute Gasteiger partial charge is 0.375 e. The first-order valence-corrected chi connectivity index (χ1v) is 7.02. The molecule has 2 aromatic rings. The molecule has 18 heavy (non-hydrogen) atoms. The van der Waals surface area contributed by atoms with Crippen molar-refractivity contribution in [2.24, 2.45) is 0 Å². The molecule has 94 valence electrons. The van der Waals surface area contributed by atoms with E-state index in [0.29, 0.717) is 29.6 Å². The van der Waals surface area contributed by atoms with Crippen molar-refractivity contribution in [2.75, 3.05) is 12.3 Å². The van der Waals surface area contributed by atoms with Crippen molar-refractivity contribution in [3.63, 3.8) is 0 Å². The molecule has 0 unspecified atom stereocenters. The van der Waals surface area contributed by atoms with E-state index in [2.05, 4.69) is 13.7 Å². The van der Waals surface area contributed by atoms with Crippen molar-refractivity contribution in [1.29, 1.82) is 0 Å². The van der Waals surface area contributed by atoms with Crippen molar-refractivity contribution in [3.05, 3.63) is 22.0 Å². The number of carbonyl (C=O) groups is 1. The summed E-state index contributed by atoms with van der Waals surface area (Å²) in [6.45, 7) is 3.03. The number of hydrogen-bond donors (Lipinski definition) is 1. The number of aromatic nitrogens is 3. The fourth-order valence-electron chi connectivity index (χ4n) is 1.96. The Balaban J connectivity index is 1.84. The first-order valence-electron chi connectivity index (χ1n) is 5.47. The minimum absolute atomic E-state index is 0.0566. The Kier molecular flexibility index (Phi) is 2.75. The van der Waals surface area contributed by atoms with E-state index < -0.39 is 0 Å². The molecule has 0 aliphatic carbocycles. The smallest absolute Gasteiger partial charge is 0.275 e. The summed E-state index contributed by atoms with van der Waals surface area (Å²) in [5.41, 5.74) is 7.86. The van der Waals surface area contributed by atoms with Crippen LogP contribution in [0.5, 0.6) is 0 Å². The third-order valence-corrected chi connectivity index (χ3v) is 4.42. The van der Waals surface area contributed by atoms with E-state index in [1.54, 1.807) is 11.8 Å². The van der Waals surface area contributed by atoms with Crippen LogP contribution in [0.15, 0.2) is 0 Å². The summed E-state index contributed by atoms with van der Waals surface area (Å²) >= 11 is 2.52. The highest BCUT2D eigenvalue weighted by Gasteiger charge is 2.26. The average molecular weight is 281 g/mol. The molecule has 3 heterocycles. The summed E-state index contributed by atoms with van der Waals surface area (Å²) in [5.74, 6) is -0.0566. The van der Waals surface area contributed by atoms with Crippen LogP contribution in [-0.4, -0.2) is 31.1 Å². The van der Waals surface area contributed by atoms with Gasteiger partial charge in [-0.3, -0.25) is 4.79 Å². The molecule has 0 atom stereocenters. The number of anilines is 1. The quantitative estimate of drug-likeness (QED) is 0.845. The van der Waals surface area contributed by atoms with Crippen LogP contribution in [-0.2, 0) is 13.0 Å². The van der Waals surface area contributed by atoms with Gasteiger partial charge in [0.05, 0.1) is 29.7 Å². The van der Waals surface area contributed by atoms with Gasteiger partial charge in [-0.25, -0.2) is 4.98 Å². The highest BCUT2D eigenvalue weighted by molar-refractivity contribution is 7.15. The Hall–Kier alpha value is -1.54. The summed E-state index contributed by atoms with van der Waals surface area (Å²) in [6, 6.07) is 0. The molecule has 1 aliphatic heterocycles. The molecule has 2 aromatic heterocycles. The lowest BCUT2D eigenvalue weighted by molar-refractivity contribution is 0.0730. The summed E-state index contributed by atoms with van der Waals surface area (Å²) in [4.78, 5) is 19.4. The molecule has 3 rings (SSSR count). The van der Waals surface area contributed by atoms with Gasteiger partial charge in [0.25, 0.3) is 5.91 Å². The number of amides is 1. The Morgan fingerprint density at radius 2 is 2.28 bits per heavy atom. The molecule has 8 heteroatoms. The molecule has 0 aromatic carbocycles. The Morgan fingerprint density at radius 1 is 1.44 bits per heavy atom. The number of nitrogens with two attached hydrogens (primary N) is 1. The lowest BCUT2D eigenvalue weighted by atomic mass is 10.1. The van der Waals surface area contributed by atoms with Crippen LogP contribution < -0.4 is 5.73 Å². The van der Waals surface area contributed by atoms with Crippen LogP contribution in [0.2, 0.25) is 0 Å². The van der Waals surface area contributed by atoms with E-state index in [9.17, 15) is 4.79 Å². The van der Waals surface area contributed by atoms with Crippen molar-refractivity contribution >= 4 is 34.1 Å². The van der Waals surface area contributed by atoms with E-state index in [-0.39, 0.29) is 5.91 Å². The highest BCUT2D eigenvalue weighted by Crippen LogP contribution is 2.27. The number of hydrogen-bond acceptors (Lipinski definition) is 7. The van der Waals surface area contributed by atoms with Gasteiger partial charge < -0.3 is 10.6 Å². The van der Waals surface area contributed by atoms with Crippen LogP contribution in [0.25, 0.3) is 0 Å². The third-order valence-electron chi connectivity index (χ3n) is 2.89. The van der Waals surface area contributed by atoms with Gasteiger partial charge in [-0.1, -0.05) is 0 Å². The van der Waals surface area contributed by atoms with Crippen LogP contribution >= 0.6 is 23.1 Å². The molecule has 2 N–H and O–H groups in total. The molecule has 0 bridgehead atoms. The van der Waals surface area contributed by atoms with Crippen LogP contribution in [0.4, 0.5) is 5.13 Å². The monoisotopic (exact) mass is 281 g/mol. The third kappa shape index (κ3) is 1.87. The topological polar surface area (TPSA) is 85.0 Å². The molecule has 0 saturated heterocycles. The zero-order valence-corrected chi connectivity index (χ0v) is 11.3. The highest BCUT2D eigenvalue weighted by atomic mass is 32.1. The van der Waals surface area contributed by atoms with E-state index in [1.807, 2.05) is 0 Å². The Labute approximate surface area is 112 Å². The molecule has 6 nitrogen and oxygen atoms in total. The summed E-state index contributed by atoms with van der Waals surface area (Å²) in [7, 11) is 0. The second-order valence-electron chi connectivity index (χ2n) is 4.10. The zero-order valence-electron chi connectivity index (χ0n) is 9.71. The van der Waals surface area contributed by atoms with Crippen molar-refractivity contribution in [3.8, 4) is 0 Å². The van der Waals surface area contributed by atoms with Gasteiger partial charge in [-0.15, -0.1) is 11.3 Å². The van der Waals surface area contributed by atoms with Gasteiger partial charge in [0.1, 0.15) is 0 Å². The number of rotatable bonds is 1. The molecule has 0 radical (unpaired) electrons. The molecule has 0 fully saturated rings. The van der Waals surface area contributed by atoms with Crippen LogP contribution in [0.1, 0.15) is 26.8 Å². The number of thiazole rings is 1. The lowest BCUT2D eigenvalue weighted by Gasteiger charge is -2.25. The lowest BCUT2D eigenvalue weighted by Crippen LogP contribution is -2.36. The minimum Gasteiger partial charge on any atom is -0.375 e. The van der Waals surface area contributed by atoms with E-state index in [1.165, 1.54) is 11.3 Å². The zero-order chi connectivity index (χ0) is 12.7. The minimum atomic E-state index is -0.0566. The maximum absolute atomic E-state index is 12.3. The molecular weight excluding hydrogens is 270 g/mol. The number of fused-ring (bicyclic) bond motifs is 1. The SMILES string of the molecule is Cc1nsnc1C(=O)N1CCc2nc(N)sc2C1. The fraction of sp³-hybridized carbons (Fsp3) is 0.400. The van der Waals surface area contributed by atoms with Crippen LogP contribution in [0.3, 0.4) is 0 Å². The van der Waals surface area contributed by atoms with E-state index in [4.69, 9.17) is 5.73 Å². The summed E-state index contributed by atoms with van der Waals surface area (Å²) < 4.78 is 8.09. The molecular formula is C10H11N5OS2. The van der Waals surface area contributed by atoms with Gasteiger partial charge in [-0.2, -0.15) is 8.75 Å². The molecule has 1 aliphatic rings. The number of aryl methyl sites for hydroxylation is 1. The first-order chi connectivity index (χ1) is 8.65. The first kappa shape index (κ1) is 11.5. The molecule has 0 saturated carbocycles. The van der Waals surface area contributed by atoms with Crippen molar-refractivity contribution in [2.45, 2.75) is 19.9 Å². The summed E-state index contributed by atoms with van der Waals surface area (Å²) in [6.07, 6.45) is 0.755.